The van der Waals surface area contributed by atoms with E-state index in [1.54, 1.807) is 7.11 Å². The summed E-state index contributed by atoms with van der Waals surface area (Å²) in [4.78, 5) is 16.5. The molecule has 0 bridgehead atoms. The molecule has 0 aliphatic heterocycles. The summed E-state index contributed by atoms with van der Waals surface area (Å²) in [7, 11) is 1.57. The first-order chi connectivity index (χ1) is 9.63. The van der Waals surface area contributed by atoms with Crippen LogP contribution in [0.3, 0.4) is 0 Å². The number of hydrogen-bond donors (Lipinski definition) is 0. The summed E-state index contributed by atoms with van der Waals surface area (Å²) < 4.78 is 10.7. The van der Waals surface area contributed by atoms with Crippen LogP contribution in [-0.2, 0) is 4.74 Å². The van der Waals surface area contributed by atoms with E-state index in [9.17, 15) is 4.79 Å². The fourth-order valence-electron chi connectivity index (χ4n) is 2.08. The predicted molar refractivity (Wildman–Crippen MR) is 80.9 cm³/mol. The van der Waals surface area contributed by atoms with E-state index >= 15 is 0 Å². The number of aryl methyl sites for hydroxylation is 2. The minimum atomic E-state index is 0.137. The van der Waals surface area contributed by atoms with Crippen LogP contribution in [0.15, 0.2) is 17.0 Å². The number of aromatic nitrogens is 1. The zero-order valence-corrected chi connectivity index (χ0v) is 12.8. The van der Waals surface area contributed by atoms with Crippen molar-refractivity contribution in [2.45, 2.75) is 18.7 Å². The van der Waals surface area contributed by atoms with Gasteiger partial charge in [-0.1, -0.05) is 6.07 Å². The third kappa shape index (κ3) is 2.51. The molecule has 2 rings (SSSR count). The minimum absolute atomic E-state index is 0.137. The van der Waals surface area contributed by atoms with Crippen molar-refractivity contribution in [1.82, 2.24) is 4.98 Å². The molecule has 0 saturated carbocycles. The molecule has 2 aromatic rings. The monoisotopic (exact) mass is 291 g/mol. The number of ether oxygens (including phenoxy) is 2. The van der Waals surface area contributed by atoms with Crippen LogP contribution in [0.4, 0.5) is 0 Å². The number of nitrogens with zero attached hydrogens (tertiary/aromatic N) is 1. The number of methoxy groups -OCH3 is 1. The molecule has 4 nitrogen and oxygen atoms in total. The van der Waals surface area contributed by atoms with Crippen LogP contribution >= 0.6 is 11.8 Å². The normalized spacial score (nSPS) is 10.8. The number of fused-ring (bicyclic) bond motifs is 1. The Morgan fingerprint density at radius 2 is 2.10 bits per heavy atom. The molecule has 1 aromatic heterocycles. The number of hydrogen-bond acceptors (Lipinski definition) is 5. The lowest BCUT2D eigenvalue weighted by Crippen LogP contribution is -2.04. The van der Waals surface area contributed by atoms with Crippen LogP contribution in [0, 0.1) is 13.8 Å². The Balaban J connectivity index is 2.81. The summed E-state index contributed by atoms with van der Waals surface area (Å²) in [5.41, 5.74) is 3.40. The molecule has 0 amide bonds. The number of pyridine rings is 1. The number of thioether (sulfide) groups is 1. The highest BCUT2D eigenvalue weighted by Gasteiger charge is 2.17. The van der Waals surface area contributed by atoms with Crippen LogP contribution in [0.5, 0.6) is 5.75 Å². The van der Waals surface area contributed by atoms with Crippen LogP contribution in [0.25, 0.3) is 10.9 Å². The van der Waals surface area contributed by atoms with Crippen LogP contribution in [-0.4, -0.2) is 31.4 Å². The minimum Gasteiger partial charge on any atom is -0.466 e. The standard InChI is InChI=1S/C15H17NO3S/c1-9-5-6-11-13(10(9)2)16-12(7-17)15(20-4)14(11)19-8-18-3/h5-7H,8H2,1-4H3. The molecular formula is C15H17NO3S. The number of carbonyl (C=O) groups is 1. The lowest BCUT2D eigenvalue weighted by molar-refractivity contribution is 0.0501. The van der Waals surface area contributed by atoms with Crippen molar-refractivity contribution < 1.29 is 14.3 Å². The Morgan fingerprint density at radius 1 is 1.35 bits per heavy atom. The molecule has 1 aromatic carbocycles. The molecule has 0 N–H and O–H groups in total. The molecule has 0 unspecified atom stereocenters. The van der Waals surface area contributed by atoms with E-state index in [0.717, 1.165) is 33.2 Å². The van der Waals surface area contributed by atoms with Crippen LogP contribution in [0.1, 0.15) is 21.6 Å². The summed E-state index contributed by atoms with van der Waals surface area (Å²) in [6.07, 6.45) is 2.67. The lowest BCUT2D eigenvalue weighted by atomic mass is 10.0. The number of carbonyl (C=O) groups excluding carboxylic acids is 1. The van der Waals surface area contributed by atoms with Gasteiger partial charge in [-0.25, -0.2) is 4.98 Å². The van der Waals surface area contributed by atoms with E-state index < -0.39 is 0 Å². The van der Waals surface area contributed by atoms with Crippen LogP contribution < -0.4 is 4.74 Å². The molecule has 0 aliphatic carbocycles. The maximum absolute atomic E-state index is 11.3. The van der Waals surface area contributed by atoms with Gasteiger partial charge in [0.25, 0.3) is 0 Å². The van der Waals surface area contributed by atoms with Gasteiger partial charge in [0.15, 0.2) is 13.1 Å². The maximum atomic E-state index is 11.3. The average Bonchev–Trinajstić information content (AvgIpc) is 2.47. The van der Waals surface area contributed by atoms with Gasteiger partial charge in [0.05, 0.1) is 10.4 Å². The lowest BCUT2D eigenvalue weighted by Gasteiger charge is -2.15. The van der Waals surface area contributed by atoms with Crippen molar-refractivity contribution in [2.75, 3.05) is 20.2 Å². The molecule has 106 valence electrons. The van der Waals surface area contributed by atoms with E-state index in [4.69, 9.17) is 9.47 Å². The second-order valence-corrected chi connectivity index (χ2v) is 5.25. The first-order valence-corrected chi connectivity index (χ1v) is 7.41. The van der Waals surface area contributed by atoms with E-state index in [0.29, 0.717) is 11.4 Å². The summed E-state index contributed by atoms with van der Waals surface area (Å²) in [6.45, 7) is 4.16. The van der Waals surface area contributed by atoms with Gasteiger partial charge in [0, 0.05) is 12.5 Å². The molecule has 0 spiro atoms. The van der Waals surface area contributed by atoms with Gasteiger partial charge in [0.1, 0.15) is 11.4 Å². The van der Waals surface area contributed by atoms with Crippen molar-refractivity contribution in [2.24, 2.45) is 0 Å². The Labute approximate surface area is 122 Å². The predicted octanol–water partition coefficient (Wildman–Crippen LogP) is 3.37. The zero-order valence-electron chi connectivity index (χ0n) is 12.0. The number of aldehydes is 1. The fraction of sp³-hybridized carbons (Fsp3) is 0.333. The summed E-state index contributed by atoms with van der Waals surface area (Å²) in [5, 5.41) is 0.903. The third-order valence-electron chi connectivity index (χ3n) is 3.25. The van der Waals surface area contributed by atoms with Crippen molar-refractivity contribution in [3.63, 3.8) is 0 Å². The second-order valence-electron chi connectivity index (χ2n) is 4.43. The molecular weight excluding hydrogens is 274 g/mol. The Bertz CT molecular complexity index is 655. The zero-order chi connectivity index (χ0) is 14.7. The SMILES string of the molecule is COCOc1c(SC)c(C=O)nc2c(C)c(C)ccc12. The highest BCUT2D eigenvalue weighted by molar-refractivity contribution is 7.98. The van der Waals surface area contributed by atoms with Gasteiger partial charge in [0.2, 0.25) is 0 Å². The van der Waals surface area contributed by atoms with Crippen molar-refractivity contribution in [1.29, 1.82) is 0 Å². The van der Waals surface area contributed by atoms with Crippen LogP contribution in [0.2, 0.25) is 0 Å². The summed E-state index contributed by atoms with van der Waals surface area (Å²) in [6, 6.07) is 4.01. The number of benzene rings is 1. The van der Waals surface area contributed by atoms with Crippen molar-refractivity contribution >= 4 is 29.0 Å². The molecule has 5 heteroatoms. The van der Waals surface area contributed by atoms with E-state index in [2.05, 4.69) is 4.98 Å². The summed E-state index contributed by atoms with van der Waals surface area (Å²) >= 11 is 1.45. The van der Waals surface area contributed by atoms with Gasteiger partial charge in [-0.3, -0.25) is 4.79 Å². The van der Waals surface area contributed by atoms with E-state index in [1.165, 1.54) is 11.8 Å². The molecule has 0 radical (unpaired) electrons. The first-order valence-electron chi connectivity index (χ1n) is 6.18. The first kappa shape index (κ1) is 14.8. The van der Waals surface area contributed by atoms with E-state index in [-0.39, 0.29) is 6.79 Å². The average molecular weight is 291 g/mol. The fourth-order valence-corrected chi connectivity index (χ4v) is 2.73. The second kappa shape index (κ2) is 6.24. The Morgan fingerprint density at radius 3 is 2.70 bits per heavy atom. The van der Waals surface area contributed by atoms with Gasteiger partial charge in [-0.15, -0.1) is 11.8 Å². The maximum Gasteiger partial charge on any atom is 0.188 e. The molecule has 0 aliphatic rings. The molecule has 1 heterocycles. The van der Waals surface area contributed by atoms with E-state index in [1.807, 2.05) is 32.2 Å². The van der Waals surface area contributed by atoms with Crippen molar-refractivity contribution in [3.05, 3.63) is 29.0 Å². The van der Waals surface area contributed by atoms with Gasteiger partial charge < -0.3 is 9.47 Å². The van der Waals surface area contributed by atoms with Gasteiger partial charge in [-0.05, 0) is 37.3 Å². The third-order valence-corrected chi connectivity index (χ3v) is 4.06. The highest BCUT2D eigenvalue weighted by Crippen LogP contribution is 2.37. The van der Waals surface area contributed by atoms with Gasteiger partial charge >= 0.3 is 0 Å². The quantitative estimate of drug-likeness (QED) is 0.480. The largest absolute Gasteiger partial charge is 0.466 e. The van der Waals surface area contributed by atoms with Crippen molar-refractivity contribution in [3.8, 4) is 5.75 Å². The topological polar surface area (TPSA) is 48.4 Å². The highest BCUT2D eigenvalue weighted by atomic mass is 32.2. The molecule has 0 saturated heterocycles. The smallest absolute Gasteiger partial charge is 0.188 e. The molecule has 20 heavy (non-hydrogen) atoms. The number of rotatable bonds is 5. The summed E-state index contributed by atoms with van der Waals surface area (Å²) in [5.74, 6) is 0.662. The van der Waals surface area contributed by atoms with Gasteiger partial charge in [-0.2, -0.15) is 0 Å². The Kier molecular flexibility index (Phi) is 4.62. The molecule has 0 atom stereocenters. The Hall–Kier alpha value is -1.59. The molecule has 0 fully saturated rings.